The second-order valence-corrected chi connectivity index (χ2v) is 8.23. The van der Waals surface area contributed by atoms with Crippen LogP contribution in [0.2, 0.25) is 5.02 Å². The molecule has 0 saturated heterocycles. The van der Waals surface area contributed by atoms with Crippen LogP contribution in [-0.4, -0.2) is 36.0 Å². The number of anilines is 1. The average molecular weight is 445 g/mol. The van der Waals surface area contributed by atoms with Crippen molar-refractivity contribution in [1.82, 2.24) is 15.2 Å². The maximum Gasteiger partial charge on any atom is 0.275 e. The Morgan fingerprint density at radius 1 is 1.19 bits per heavy atom. The van der Waals surface area contributed by atoms with E-state index in [9.17, 15) is 14.4 Å². The van der Waals surface area contributed by atoms with Gasteiger partial charge in [-0.3, -0.25) is 14.4 Å². The number of likely N-dealkylation sites (N-methyl/N-ethyl adjacent to an activating group) is 1. The van der Waals surface area contributed by atoms with E-state index in [4.69, 9.17) is 11.6 Å². The van der Waals surface area contributed by atoms with Gasteiger partial charge in [0.15, 0.2) is 0 Å². The Morgan fingerprint density at radius 2 is 1.94 bits per heavy atom. The molecular weight excluding hydrogens is 416 g/mol. The lowest BCUT2D eigenvalue weighted by molar-refractivity contribution is -0.121. The molecule has 1 aromatic heterocycles. The van der Waals surface area contributed by atoms with Gasteiger partial charge in [-0.2, -0.15) is 0 Å². The number of amides is 2. The third-order valence-corrected chi connectivity index (χ3v) is 6.03. The Hall–Kier alpha value is -2.64. The van der Waals surface area contributed by atoms with Crippen LogP contribution in [0.1, 0.15) is 36.6 Å². The Morgan fingerprint density at radius 3 is 2.68 bits per heavy atom. The Labute approximate surface area is 187 Å². The molecule has 31 heavy (non-hydrogen) atoms. The monoisotopic (exact) mass is 444 g/mol. The predicted molar refractivity (Wildman–Crippen MR) is 123 cm³/mol. The van der Waals surface area contributed by atoms with Gasteiger partial charge in [0, 0.05) is 17.3 Å². The van der Waals surface area contributed by atoms with Crippen LogP contribution in [0.5, 0.6) is 0 Å². The second kappa shape index (κ2) is 10.6. The Bertz CT molecular complexity index is 1020. The van der Waals surface area contributed by atoms with E-state index in [1.54, 1.807) is 20.0 Å². The van der Waals surface area contributed by atoms with E-state index < -0.39 is 6.04 Å². The third kappa shape index (κ3) is 5.74. The molecule has 0 spiro atoms. The van der Waals surface area contributed by atoms with Crippen molar-refractivity contribution in [3.05, 3.63) is 62.5 Å². The molecule has 1 heterocycles. The molecule has 0 aliphatic heterocycles. The van der Waals surface area contributed by atoms with Crippen LogP contribution in [0.4, 0.5) is 5.69 Å². The standard InChI is InChI=1S/C23H29ClN4O3/c1-15(25-2)22(30)27-19-13-17-8-4-6-10-20(17)28(23(19)31)14-21(29)26-12-11-16-7-3-5-9-18(16)24/h3,5,7,9,13,15,25H,4,6,8,10-12,14H2,1-2H3,(H,26,29)(H,27,30)/t15-/m0/s1. The third-order valence-electron chi connectivity index (χ3n) is 5.66. The lowest BCUT2D eigenvalue weighted by atomic mass is 9.95. The van der Waals surface area contributed by atoms with Crippen LogP contribution in [0.25, 0.3) is 0 Å². The molecule has 0 bridgehead atoms. The van der Waals surface area contributed by atoms with Gasteiger partial charge in [0.1, 0.15) is 12.2 Å². The molecule has 3 rings (SSSR count). The van der Waals surface area contributed by atoms with Crippen molar-refractivity contribution in [3.63, 3.8) is 0 Å². The minimum absolute atomic E-state index is 0.0744. The quantitative estimate of drug-likeness (QED) is 0.582. The average Bonchev–Trinajstić information content (AvgIpc) is 2.77. The number of hydrogen-bond donors (Lipinski definition) is 3. The number of pyridine rings is 1. The van der Waals surface area contributed by atoms with Crippen molar-refractivity contribution in [3.8, 4) is 0 Å². The first-order valence-electron chi connectivity index (χ1n) is 10.6. The predicted octanol–water partition coefficient (Wildman–Crippen LogP) is 2.29. The van der Waals surface area contributed by atoms with E-state index in [0.717, 1.165) is 42.5 Å². The molecule has 1 aliphatic carbocycles. The van der Waals surface area contributed by atoms with Crippen molar-refractivity contribution in [2.75, 3.05) is 18.9 Å². The summed E-state index contributed by atoms with van der Waals surface area (Å²) < 4.78 is 1.51. The summed E-state index contributed by atoms with van der Waals surface area (Å²) in [5.74, 6) is -0.528. The summed E-state index contributed by atoms with van der Waals surface area (Å²) in [5, 5.41) is 9.12. The lowest BCUT2D eigenvalue weighted by Crippen LogP contribution is -2.40. The number of nitrogens with zero attached hydrogens (tertiary/aromatic N) is 1. The first kappa shape index (κ1) is 23.0. The van der Waals surface area contributed by atoms with Crippen LogP contribution in [0, 0.1) is 0 Å². The summed E-state index contributed by atoms with van der Waals surface area (Å²) in [6.45, 7) is 2.07. The zero-order valence-corrected chi connectivity index (χ0v) is 18.7. The van der Waals surface area contributed by atoms with E-state index in [1.807, 2.05) is 24.3 Å². The van der Waals surface area contributed by atoms with E-state index in [-0.39, 0.29) is 29.6 Å². The molecule has 2 aromatic rings. The normalized spacial score (nSPS) is 13.9. The summed E-state index contributed by atoms with van der Waals surface area (Å²) in [6.07, 6.45) is 4.18. The molecule has 1 aliphatic rings. The van der Waals surface area contributed by atoms with Gasteiger partial charge in [0.05, 0.1) is 6.04 Å². The zero-order valence-electron chi connectivity index (χ0n) is 18.0. The fraction of sp³-hybridized carbons (Fsp3) is 0.435. The van der Waals surface area contributed by atoms with Crippen molar-refractivity contribution in [2.24, 2.45) is 0 Å². The van der Waals surface area contributed by atoms with E-state index in [1.165, 1.54) is 4.57 Å². The van der Waals surface area contributed by atoms with Crippen LogP contribution in [0.15, 0.2) is 35.1 Å². The summed E-state index contributed by atoms with van der Waals surface area (Å²) >= 11 is 6.16. The molecule has 0 radical (unpaired) electrons. The minimum Gasteiger partial charge on any atom is -0.354 e. The molecular formula is C23H29ClN4O3. The Kier molecular flexibility index (Phi) is 7.87. The van der Waals surface area contributed by atoms with Crippen molar-refractivity contribution < 1.29 is 9.59 Å². The van der Waals surface area contributed by atoms with Gasteiger partial charge in [0.2, 0.25) is 11.8 Å². The first-order chi connectivity index (χ1) is 14.9. The van der Waals surface area contributed by atoms with Crippen LogP contribution in [-0.2, 0) is 35.4 Å². The highest BCUT2D eigenvalue weighted by Gasteiger charge is 2.21. The molecule has 2 amide bonds. The van der Waals surface area contributed by atoms with Crippen molar-refractivity contribution in [1.29, 1.82) is 0 Å². The van der Waals surface area contributed by atoms with E-state index >= 15 is 0 Å². The maximum absolute atomic E-state index is 13.1. The molecule has 1 atom stereocenters. The first-order valence-corrected chi connectivity index (χ1v) is 11.0. The number of fused-ring (bicyclic) bond motifs is 1. The molecule has 0 saturated carbocycles. The number of carbonyl (C=O) groups is 2. The van der Waals surface area contributed by atoms with Gasteiger partial charge in [-0.1, -0.05) is 29.8 Å². The molecule has 166 valence electrons. The highest BCUT2D eigenvalue weighted by Crippen LogP contribution is 2.22. The number of halogens is 1. The Balaban J connectivity index is 1.75. The van der Waals surface area contributed by atoms with Gasteiger partial charge in [-0.15, -0.1) is 0 Å². The van der Waals surface area contributed by atoms with Gasteiger partial charge in [0.25, 0.3) is 5.56 Å². The number of nitrogens with one attached hydrogen (secondary N) is 3. The molecule has 8 heteroatoms. The van der Waals surface area contributed by atoms with Gasteiger partial charge in [-0.25, -0.2) is 0 Å². The highest BCUT2D eigenvalue weighted by atomic mass is 35.5. The van der Waals surface area contributed by atoms with Crippen LogP contribution < -0.4 is 21.5 Å². The van der Waals surface area contributed by atoms with E-state index in [0.29, 0.717) is 18.0 Å². The summed E-state index contributed by atoms with van der Waals surface area (Å²) in [6, 6.07) is 8.85. The summed E-state index contributed by atoms with van der Waals surface area (Å²) in [5.41, 5.74) is 2.73. The number of rotatable bonds is 8. The number of hydrogen-bond acceptors (Lipinski definition) is 4. The van der Waals surface area contributed by atoms with Crippen molar-refractivity contribution >= 4 is 29.1 Å². The number of aromatic nitrogens is 1. The number of aryl methyl sites for hydroxylation is 1. The lowest BCUT2D eigenvalue weighted by Gasteiger charge is -2.23. The van der Waals surface area contributed by atoms with Crippen LogP contribution >= 0.6 is 11.6 Å². The molecule has 0 unspecified atom stereocenters. The van der Waals surface area contributed by atoms with Crippen LogP contribution in [0.3, 0.4) is 0 Å². The molecule has 3 N–H and O–H groups in total. The molecule has 1 aromatic carbocycles. The SMILES string of the molecule is CN[C@@H](C)C(=O)Nc1cc2c(n(CC(=O)NCCc3ccccc3Cl)c1=O)CCCC2. The summed E-state index contributed by atoms with van der Waals surface area (Å²) in [7, 11) is 1.68. The fourth-order valence-electron chi connectivity index (χ4n) is 3.75. The largest absolute Gasteiger partial charge is 0.354 e. The van der Waals surface area contributed by atoms with E-state index in [2.05, 4.69) is 16.0 Å². The molecule has 7 nitrogen and oxygen atoms in total. The summed E-state index contributed by atoms with van der Waals surface area (Å²) in [4.78, 5) is 38.0. The van der Waals surface area contributed by atoms with Crippen molar-refractivity contribution in [2.45, 2.75) is 51.6 Å². The second-order valence-electron chi connectivity index (χ2n) is 7.82. The highest BCUT2D eigenvalue weighted by molar-refractivity contribution is 6.31. The number of benzene rings is 1. The topological polar surface area (TPSA) is 92.2 Å². The fourth-order valence-corrected chi connectivity index (χ4v) is 3.98. The van der Waals surface area contributed by atoms with Gasteiger partial charge < -0.3 is 20.5 Å². The zero-order chi connectivity index (χ0) is 22.4. The smallest absolute Gasteiger partial charge is 0.275 e. The van der Waals surface area contributed by atoms with Gasteiger partial charge in [-0.05, 0) is 69.3 Å². The maximum atomic E-state index is 13.1. The van der Waals surface area contributed by atoms with Gasteiger partial charge >= 0.3 is 0 Å². The minimum atomic E-state index is -0.433. The number of carbonyl (C=O) groups excluding carboxylic acids is 2. The molecule has 0 fully saturated rings.